The molecule has 36 heavy (non-hydrogen) atoms. The molecule has 0 saturated carbocycles. The Morgan fingerprint density at radius 3 is 2.44 bits per heavy atom. The summed E-state index contributed by atoms with van der Waals surface area (Å²) in [6.07, 6.45) is 6.73. The zero-order valence-corrected chi connectivity index (χ0v) is 20.5. The molecule has 3 nitrogen and oxygen atoms in total. The Morgan fingerprint density at radius 2 is 1.56 bits per heavy atom. The average molecular weight is 466 g/mol. The van der Waals surface area contributed by atoms with Crippen LogP contribution in [0.1, 0.15) is 42.7 Å². The van der Waals surface area contributed by atoms with Crippen LogP contribution in [0.4, 0.5) is 17.1 Å². The fourth-order valence-electron chi connectivity index (χ4n) is 6.73. The van der Waals surface area contributed by atoms with Crippen LogP contribution in [-0.2, 0) is 11.8 Å². The smallest absolute Gasteiger partial charge is 0.0744 e. The first-order valence-electron chi connectivity index (χ1n) is 12.9. The van der Waals surface area contributed by atoms with Gasteiger partial charge in [0.2, 0.25) is 0 Å². The van der Waals surface area contributed by atoms with Crippen molar-refractivity contribution in [2.24, 2.45) is 0 Å². The lowest BCUT2D eigenvalue weighted by Gasteiger charge is -2.42. The summed E-state index contributed by atoms with van der Waals surface area (Å²) in [5.74, 6) is 0. The summed E-state index contributed by atoms with van der Waals surface area (Å²) in [5, 5.41) is 3.91. The van der Waals surface area contributed by atoms with Crippen molar-refractivity contribution in [3.05, 3.63) is 107 Å². The molecule has 0 saturated heterocycles. The van der Waals surface area contributed by atoms with E-state index < -0.39 is 0 Å². The molecule has 1 aliphatic heterocycles. The first-order valence-corrected chi connectivity index (χ1v) is 12.9. The highest BCUT2D eigenvalue weighted by molar-refractivity contribution is 6.12. The fourth-order valence-corrected chi connectivity index (χ4v) is 6.73. The number of aromatic amines is 2. The summed E-state index contributed by atoms with van der Waals surface area (Å²) in [5.41, 5.74) is 12.6. The van der Waals surface area contributed by atoms with Gasteiger partial charge in [0.05, 0.1) is 22.4 Å². The van der Waals surface area contributed by atoms with E-state index >= 15 is 0 Å². The Bertz CT molecular complexity index is 1860. The Labute approximate surface area is 210 Å². The normalized spacial score (nSPS) is 15.9. The number of benzene rings is 4. The molecule has 0 bridgehead atoms. The van der Waals surface area contributed by atoms with Gasteiger partial charge in [-0.25, -0.2) is 0 Å². The van der Waals surface area contributed by atoms with Gasteiger partial charge in [0.25, 0.3) is 0 Å². The van der Waals surface area contributed by atoms with Crippen molar-refractivity contribution in [2.45, 2.75) is 32.1 Å². The van der Waals surface area contributed by atoms with E-state index in [0.29, 0.717) is 0 Å². The van der Waals surface area contributed by atoms with E-state index in [4.69, 9.17) is 0 Å². The third kappa shape index (κ3) is 2.47. The number of H-pyrrole nitrogens is 2. The largest absolute Gasteiger partial charge is 0.354 e. The zero-order valence-electron chi connectivity index (χ0n) is 20.5. The number of para-hydroxylation sites is 2. The Morgan fingerprint density at radius 1 is 0.750 bits per heavy atom. The third-order valence-electron chi connectivity index (χ3n) is 8.37. The van der Waals surface area contributed by atoms with Gasteiger partial charge in [-0.15, -0.1) is 0 Å². The molecule has 8 rings (SSSR count). The highest BCUT2D eigenvalue weighted by Crippen LogP contribution is 2.56. The van der Waals surface area contributed by atoms with Crippen molar-refractivity contribution < 1.29 is 0 Å². The average Bonchev–Trinajstić information content (AvgIpc) is 3.47. The molecule has 4 aromatic carbocycles. The van der Waals surface area contributed by atoms with Crippen LogP contribution >= 0.6 is 0 Å². The van der Waals surface area contributed by atoms with Crippen LogP contribution in [0.25, 0.3) is 38.8 Å². The number of aromatic nitrogens is 2. The second kappa shape index (κ2) is 6.92. The lowest BCUT2D eigenvalue weighted by atomic mass is 9.72. The molecule has 3 heterocycles. The number of nitrogens with one attached hydrogen (secondary N) is 2. The van der Waals surface area contributed by atoms with Gasteiger partial charge in [-0.2, -0.15) is 0 Å². The monoisotopic (exact) mass is 465 g/mol. The van der Waals surface area contributed by atoms with E-state index in [1.807, 2.05) is 0 Å². The first kappa shape index (κ1) is 20.0. The van der Waals surface area contributed by atoms with Crippen LogP contribution < -0.4 is 4.90 Å². The van der Waals surface area contributed by atoms with E-state index in [0.717, 1.165) is 12.8 Å². The predicted octanol–water partition coefficient (Wildman–Crippen LogP) is 8.87. The van der Waals surface area contributed by atoms with Gasteiger partial charge in [0.1, 0.15) is 0 Å². The highest BCUT2D eigenvalue weighted by Gasteiger charge is 2.40. The van der Waals surface area contributed by atoms with Gasteiger partial charge in [0.15, 0.2) is 0 Å². The van der Waals surface area contributed by atoms with Gasteiger partial charge < -0.3 is 14.9 Å². The third-order valence-corrected chi connectivity index (χ3v) is 8.37. The summed E-state index contributed by atoms with van der Waals surface area (Å²) in [7, 11) is 0. The molecule has 2 N–H and O–H groups in total. The molecule has 6 aromatic rings. The number of nitrogens with zero attached hydrogens (tertiary/aromatic N) is 1. The standard InChI is InChI=1S/C33H27N3/c1-33(2)25-18-16-24-22-13-7-9-15-27(22)35-31(24)32(25)36(20-10-4-3-5-11-20)28-19-17-23-21-12-6-8-14-26(21)34-30(23)29(28)33/h3-6,8-12,14-19,34-35H,7,13H2,1-2H3. The van der Waals surface area contributed by atoms with E-state index in [1.165, 1.54) is 72.2 Å². The van der Waals surface area contributed by atoms with Gasteiger partial charge >= 0.3 is 0 Å². The maximum atomic E-state index is 3.83. The van der Waals surface area contributed by atoms with E-state index in [-0.39, 0.29) is 5.41 Å². The van der Waals surface area contributed by atoms with Crippen LogP contribution in [0.15, 0.2) is 84.9 Å². The number of rotatable bonds is 1. The first-order chi connectivity index (χ1) is 17.6. The Hall–Kier alpha value is -4.24. The van der Waals surface area contributed by atoms with Crippen molar-refractivity contribution >= 4 is 55.8 Å². The van der Waals surface area contributed by atoms with Crippen molar-refractivity contribution in [2.75, 3.05) is 4.90 Å². The number of anilines is 3. The molecule has 3 heteroatoms. The van der Waals surface area contributed by atoms with E-state index in [1.54, 1.807) is 0 Å². The van der Waals surface area contributed by atoms with Gasteiger partial charge in [-0.05, 0) is 54.3 Å². The SMILES string of the molecule is CC1(C)c2ccc3c4c([nH]c3c2N(c2ccccc2)c2ccc3c([nH]c5ccccc53)c21)C=CCC4. The Balaban J connectivity index is 1.53. The summed E-state index contributed by atoms with van der Waals surface area (Å²) in [6, 6.07) is 28.8. The summed E-state index contributed by atoms with van der Waals surface area (Å²) < 4.78 is 0. The highest BCUT2D eigenvalue weighted by atomic mass is 15.2. The van der Waals surface area contributed by atoms with Crippen molar-refractivity contribution in [3.63, 3.8) is 0 Å². The van der Waals surface area contributed by atoms with Gasteiger partial charge in [-0.3, -0.25) is 0 Å². The van der Waals surface area contributed by atoms with E-state index in [9.17, 15) is 0 Å². The summed E-state index contributed by atoms with van der Waals surface area (Å²) in [6.45, 7) is 4.76. The topological polar surface area (TPSA) is 34.8 Å². The Kier molecular flexibility index (Phi) is 3.84. The molecule has 0 radical (unpaired) electrons. The fraction of sp³-hybridized carbons (Fsp3) is 0.152. The lowest BCUT2D eigenvalue weighted by Crippen LogP contribution is -2.31. The maximum Gasteiger partial charge on any atom is 0.0744 e. The van der Waals surface area contributed by atoms with Gasteiger partial charge in [0, 0.05) is 44.0 Å². The number of allylic oxidation sites excluding steroid dienone is 1. The van der Waals surface area contributed by atoms with E-state index in [2.05, 4.69) is 120 Å². The summed E-state index contributed by atoms with van der Waals surface area (Å²) in [4.78, 5) is 10.1. The predicted molar refractivity (Wildman–Crippen MR) is 152 cm³/mol. The van der Waals surface area contributed by atoms with Crippen LogP contribution in [-0.4, -0.2) is 9.97 Å². The molecule has 2 aliphatic rings. The second-order valence-electron chi connectivity index (χ2n) is 10.7. The molecule has 174 valence electrons. The van der Waals surface area contributed by atoms with Crippen LogP contribution in [0.5, 0.6) is 0 Å². The molecule has 1 aliphatic carbocycles. The van der Waals surface area contributed by atoms with Crippen LogP contribution in [0.2, 0.25) is 0 Å². The number of fused-ring (bicyclic) bond motifs is 10. The molecular weight excluding hydrogens is 438 g/mol. The maximum absolute atomic E-state index is 3.83. The van der Waals surface area contributed by atoms with Crippen LogP contribution in [0, 0.1) is 0 Å². The van der Waals surface area contributed by atoms with Crippen molar-refractivity contribution in [3.8, 4) is 0 Å². The minimum atomic E-state index is -0.189. The van der Waals surface area contributed by atoms with Crippen molar-refractivity contribution in [1.82, 2.24) is 9.97 Å². The number of aryl methyl sites for hydroxylation is 1. The minimum absolute atomic E-state index is 0.189. The van der Waals surface area contributed by atoms with Crippen molar-refractivity contribution in [1.29, 1.82) is 0 Å². The molecule has 0 spiro atoms. The molecule has 0 fully saturated rings. The number of hydrogen-bond donors (Lipinski definition) is 2. The minimum Gasteiger partial charge on any atom is -0.354 e. The quantitative estimate of drug-likeness (QED) is 0.250. The molecule has 2 aromatic heterocycles. The lowest BCUT2D eigenvalue weighted by molar-refractivity contribution is 0.638. The molecular formula is C33H27N3. The van der Waals surface area contributed by atoms with Crippen LogP contribution in [0.3, 0.4) is 0 Å². The second-order valence-corrected chi connectivity index (χ2v) is 10.7. The molecule has 0 atom stereocenters. The molecule has 0 amide bonds. The van der Waals surface area contributed by atoms with Gasteiger partial charge in [-0.1, -0.05) is 74.5 Å². The summed E-state index contributed by atoms with van der Waals surface area (Å²) >= 11 is 0. The molecule has 0 unspecified atom stereocenters. The zero-order chi connectivity index (χ0) is 24.0. The number of hydrogen-bond acceptors (Lipinski definition) is 1.